The van der Waals surface area contributed by atoms with Gasteiger partial charge in [-0.05, 0) is 44.2 Å². The Morgan fingerprint density at radius 1 is 1.19 bits per heavy atom. The van der Waals surface area contributed by atoms with E-state index in [1.54, 1.807) is 19.3 Å². The van der Waals surface area contributed by atoms with Crippen molar-refractivity contribution >= 4 is 27.9 Å². The van der Waals surface area contributed by atoms with E-state index >= 15 is 0 Å². The first kappa shape index (κ1) is 17.1. The van der Waals surface area contributed by atoms with Crippen molar-refractivity contribution in [2.45, 2.75) is 26.4 Å². The predicted molar refractivity (Wildman–Crippen MR) is 99.8 cm³/mol. The zero-order chi connectivity index (χ0) is 19.0. The van der Waals surface area contributed by atoms with Gasteiger partial charge in [0.2, 0.25) is 5.75 Å². The van der Waals surface area contributed by atoms with Gasteiger partial charge < -0.3 is 18.3 Å². The molecule has 0 saturated heterocycles. The van der Waals surface area contributed by atoms with E-state index in [0.717, 1.165) is 16.3 Å². The van der Waals surface area contributed by atoms with Crippen molar-refractivity contribution in [2.75, 3.05) is 6.61 Å². The predicted octanol–water partition coefficient (Wildman–Crippen LogP) is 4.13. The largest absolute Gasteiger partial charge is 0.482 e. The van der Waals surface area contributed by atoms with Crippen molar-refractivity contribution in [2.24, 2.45) is 0 Å². The molecule has 138 valence electrons. The monoisotopic (exact) mass is 366 g/mol. The summed E-state index contributed by atoms with van der Waals surface area (Å²) in [5, 5.41) is 1.63. The maximum Gasteiger partial charge on any atom is 0.336 e. The molecule has 6 heteroatoms. The first-order valence-corrected chi connectivity index (χ1v) is 8.63. The van der Waals surface area contributed by atoms with E-state index < -0.39 is 5.63 Å². The highest BCUT2D eigenvalue weighted by atomic mass is 16.5. The average molecular weight is 366 g/mol. The van der Waals surface area contributed by atoms with Crippen LogP contribution in [-0.4, -0.2) is 18.7 Å². The third kappa shape index (κ3) is 3.38. The molecule has 0 N–H and O–H groups in total. The Bertz CT molecular complexity index is 1140. The molecule has 2 aromatic heterocycles. The van der Waals surface area contributed by atoms with Gasteiger partial charge >= 0.3 is 11.6 Å². The van der Waals surface area contributed by atoms with Crippen LogP contribution in [0.25, 0.3) is 21.9 Å². The van der Waals surface area contributed by atoms with E-state index in [-0.39, 0.29) is 18.7 Å². The van der Waals surface area contributed by atoms with Gasteiger partial charge in [-0.15, -0.1) is 0 Å². The number of hydrogen-bond donors (Lipinski definition) is 0. The van der Waals surface area contributed by atoms with Crippen molar-refractivity contribution in [1.29, 1.82) is 0 Å². The lowest BCUT2D eigenvalue weighted by atomic mass is 10.1. The highest BCUT2D eigenvalue weighted by Gasteiger charge is 2.22. The van der Waals surface area contributed by atoms with E-state index in [1.807, 2.05) is 31.2 Å². The second-order valence-electron chi connectivity index (χ2n) is 6.58. The molecule has 1 aliphatic rings. The Labute approximate surface area is 154 Å². The van der Waals surface area contributed by atoms with Crippen LogP contribution in [0.5, 0.6) is 5.75 Å². The Hall–Kier alpha value is -3.28. The molecule has 3 heterocycles. The maximum absolute atomic E-state index is 11.6. The molecule has 1 atom stereocenters. The summed E-state index contributed by atoms with van der Waals surface area (Å²) >= 11 is 0. The van der Waals surface area contributed by atoms with Crippen LogP contribution in [-0.2, 0) is 9.53 Å². The lowest BCUT2D eigenvalue weighted by molar-refractivity contribution is -0.139. The Balaban J connectivity index is 1.56. The van der Waals surface area contributed by atoms with Gasteiger partial charge in [0.05, 0.1) is 6.26 Å². The molecule has 1 aliphatic heterocycles. The van der Waals surface area contributed by atoms with Gasteiger partial charge in [-0.25, -0.2) is 9.59 Å². The summed E-state index contributed by atoms with van der Waals surface area (Å²) in [7, 11) is 0. The second kappa shape index (κ2) is 6.79. The van der Waals surface area contributed by atoms with Gasteiger partial charge in [-0.1, -0.05) is 5.57 Å². The zero-order valence-corrected chi connectivity index (χ0v) is 15.0. The minimum atomic E-state index is -0.449. The molecular weight excluding hydrogens is 348 g/mol. The van der Waals surface area contributed by atoms with Crippen LogP contribution >= 0.6 is 0 Å². The number of esters is 1. The third-order valence-electron chi connectivity index (χ3n) is 4.48. The molecule has 0 fully saturated rings. The first-order chi connectivity index (χ1) is 13.0. The number of furan rings is 1. The smallest absolute Gasteiger partial charge is 0.336 e. The van der Waals surface area contributed by atoms with Gasteiger partial charge in [-0.2, -0.15) is 0 Å². The minimum Gasteiger partial charge on any atom is -0.482 e. The summed E-state index contributed by atoms with van der Waals surface area (Å²) in [6.07, 6.45) is 5.67. The van der Waals surface area contributed by atoms with E-state index in [0.29, 0.717) is 28.9 Å². The van der Waals surface area contributed by atoms with Gasteiger partial charge in [-0.3, -0.25) is 0 Å². The SMILES string of the molecule is CC1=C[C@@H](C/C(C)=C/COc2c3occc3cc3ccc(=O)oc23)OC1=O. The van der Waals surface area contributed by atoms with Crippen LogP contribution in [0.1, 0.15) is 20.3 Å². The lowest BCUT2D eigenvalue weighted by Crippen LogP contribution is -2.08. The Morgan fingerprint density at radius 2 is 2.00 bits per heavy atom. The summed E-state index contributed by atoms with van der Waals surface area (Å²) in [5.41, 5.74) is 2.10. The van der Waals surface area contributed by atoms with E-state index in [9.17, 15) is 9.59 Å². The number of cyclic esters (lactones) is 1. The lowest BCUT2D eigenvalue weighted by Gasteiger charge is -2.10. The van der Waals surface area contributed by atoms with E-state index in [1.165, 1.54) is 6.07 Å². The Morgan fingerprint density at radius 3 is 2.78 bits per heavy atom. The standard InChI is InChI=1S/C21H18O6/c1-12(9-16-10-13(2)21(23)26-16)5-7-25-20-18-15(6-8-24-18)11-14-3-4-17(22)27-19(14)20/h3-6,8,10-11,16H,7,9H2,1-2H3/b12-5+/t16-/m1/s1. The number of carbonyl (C=O) groups is 1. The molecule has 0 saturated carbocycles. The molecule has 1 aromatic carbocycles. The molecule has 27 heavy (non-hydrogen) atoms. The van der Waals surface area contributed by atoms with Crippen LogP contribution in [0, 0.1) is 0 Å². The summed E-state index contributed by atoms with van der Waals surface area (Å²) in [4.78, 5) is 23.1. The fraction of sp³-hybridized carbons (Fsp3) is 0.238. The first-order valence-electron chi connectivity index (χ1n) is 8.63. The summed E-state index contributed by atoms with van der Waals surface area (Å²) in [5.74, 6) is 0.132. The van der Waals surface area contributed by atoms with E-state index in [2.05, 4.69) is 0 Å². The fourth-order valence-electron chi connectivity index (χ4n) is 3.12. The molecule has 0 spiro atoms. The van der Waals surface area contributed by atoms with Crippen molar-refractivity contribution in [1.82, 2.24) is 0 Å². The summed E-state index contributed by atoms with van der Waals surface area (Å²) < 4.78 is 22.0. The second-order valence-corrected chi connectivity index (χ2v) is 6.58. The number of fused-ring (bicyclic) bond motifs is 2. The molecule has 4 rings (SSSR count). The van der Waals surface area contributed by atoms with Crippen LogP contribution in [0.4, 0.5) is 0 Å². The summed E-state index contributed by atoms with van der Waals surface area (Å²) in [6, 6.07) is 6.79. The van der Waals surface area contributed by atoms with Gasteiger partial charge in [0.1, 0.15) is 12.7 Å². The Kier molecular flexibility index (Phi) is 4.32. The number of carbonyl (C=O) groups excluding carboxylic acids is 1. The number of benzene rings is 1. The quantitative estimate of drug-likeness (QED) is 0.384. The highest BCUT2D eigenvalue weighted by Crippen LogP contribution is 2.35. The number of hydrogen-bond acceptors (Lipinski definition) is 6. The molecule has 0 bridgehead atoms. The normalized spacial score (nSPS) is 17.4. The molecule has 3 aromatic rings. The van der Waals surface area contributed by atoms with Crippen LogP contribution in [0.15, 0.2) is 67.5 Å². The fourth-order valence-corrected chi connectivity index (χ4v) is 3.12. The van der Waals surface area contributed by atoms with Gasteiger partial charge in [0.25, 0.3) is 0 Å². The average Bonchev–Trinajstić information content (AvgIpc) is 3.21. The van der Waals surface area contributed by atoms with Crippen LogP contribution < -0.4 is 10.4 Å². The molecule has 6 nitrogen and oxygen atoms in total. The summed E-state index contributed by atoms with van der Waals surface area (Å²) in [6.45, 7) is 3.96. The molecule has 0 radical (unpaired) electrons. The van der Waals surface area contributed by atoms with Gasteiger partial charge in [0, 0.05) is 28.8 Å². The highest BCUT2D eigenvalue weighted by molar-refractivity contribution is 5.99. The maximum atomic E-state index is 11.6. The topological polar surface area (TPSA) is 78.9 Å². The third-order valence-corrected chi connectivity index (χ3v) is 4.48. The minimum absolute atomic E-state index is 0.235. The number of rotatable bonds is 5. The van der Waals surface area contributed by atoms with Gasteiger partial charge in [0.15, 0.2) is 11.2 Å². The van der Waals surface area contributed by atoms with Crippen LogP contribution in [0.2, 0.25) is 0 Å². The van der Waals surface area contributed by atoms with Crippen molar-refractivity contribution in [3.8, 4) is 5.75 Å². The molecular formula is C21H18O6. The molecule has 0 aliphatic carbocycles. The number of ether oxygens (including phenoxy) is 2. The van der Waals surface area contributed by atoms with Crippen molar-refractivity contribution in [3.63, 3.8) is 0 Å². The van der Waals surface area contributed by atoms with Crippen molar-refractivity contribution < 1.29 is 23.1 Å². The molecule has 0 amide bonds. The molecule has 0 unspecified atom stereocenters. The van der Waals surface area contributed by atoms with Crippen LogP contribution in [0.3, 0.4) is 0 Å². The van der Waals surface area contributed by atoms with E-state index in [4.69, 9.17) is 18.3 Å². The van der Waals surface area contributed by atoms with Crippen molar-refractivity contribution in [3.05, 3.63) is 64.2 Å². The zero-order valence-electron chi connectivity index (χ0n) is 15.0.